The third-order valence-corrected chi connectivity index (χ3v) is 8.68. The Balaban J connectivity index is 0.000000197. The Hall–Kier alpha value is -2.51. The molecule has 1 aliphatic rings. The Morgan fingerprint density at radius 1 is 0.868 bits per heavy atom. The summed E-state index contributed by atoms with van der Waals surface area (Å²) in [7, 11) is 0. The van der Waals surface area contributed by atoms with Gasteiger partial charge in [-0.25, -0.2) is 12.1 Å². The van der Waals surface area contributed by atoms with E-state index in [1.165, 1.54) is 45.4 Å². The molecule has 0 aliphatic heterocycles. The minimum Gasteiger partial charge on any atom is -0.214 e. The molecule has 0 nitrogen and oxygen atoms in total. The summed E-state index contributed by atoms with van der Waals surface area (Å²) in [5.74, 6) is 0. The predicted octanol–water partition coefficient (Wildman–Crippen LogP) is 9.78. The molecule has 4 aromatic carbocycles. The van der Waals surface area contributed by atoms with E-state index in [0.29, 0.717) is 0 Å². The summed E-state index contributed by atoms with van der Waals surface area (Å²) < 4.78 is 1.58. The van der Waals surface area contributed by atoms with Gasteiger partial charge in [-0.15, -0.1) is 11.1 Å². The number of hydrogen-bond donors (Lipinski definition) is 0. The number of allylic oxidation sites excluding steroid dienone is 1. The van der Waals surface area contributed by atoms with Crippen molar-refractivity contribution < 1.29 is 23.9 Å². The van der Waals surface area contributed by atoms with Crippen LogP contribution in [-0.2, 0) is 41.1 Å². The van der Waals surface area contributed by atoms with E-state index in [0.717, 1.165) is 36.7 Å². The van der Waals surface area contributed by atoms with Crippen molar-refractivity contribution in [2.45, 2.75) is 71.6 Å². The van der Waals surface area contributed by atoms with Gasteiger partial charge >= 0.3 is 88.5 Å². The average Bonchev–Trinajstić information content (AvgIpc) is 3.58. The van der Waals surface area contributed by atoms with Crippen molar-refractivity contribution in [3.8, 4) is 11.1 Å². The Bertz CT molecular complexity index is 1230. The number of fused-ring (bicyclic) bond motifs is 3. The fourth-order valence-corrected chi connectivity index (χ4v) is 5.50. The third kappa shape index (κ3) is 8.50. The van der Waals surface area contributed by atoms with Gasteiger partial charge in [0.1, 0.15) is 0 Å². The van der Waals surface area contributed by atoms with Gasteiger partial charge in [0.05, 0.1) is 0 Å². The largest absolute Gasteiger partial charge is 0.214 e. The van der Waals surface area contributed by atoms with Crippen LogP contribution in [0.4, 0.5) is 0 Å². The summed E-state index contributed by atoms with van der Waals surface area (Å²) in [6, 6.07) is 35.8. The van der Waals surface area contributed by atoms with Gasteiger partial charge in [0, 0.05) is 0 Å². The second-order valence-electron chi connectivity index (χ2n) is 11.9. The number of hydrogen-bond acceptors (Lipinski definition) is 0. The van der Waals surface area contributed by atoms with E-state index in [4.69, 9.17) is 0 Å². The van der Waals surface area contributed by atoms with Gasteiger partial charge in [-0.1, -0.05) is 65.3 Å². The van der Waals surface area contributed by atoms with Crippen molar-refractivity contribution in [3.63, 3.8) is 0 Å². The second kappa shape index (κ2) is 13.5. The molecule has 194 valence electrons. The standard InChI is InChI=1S/C21H25.C11H12.C5H5.Hf/c1-20(2,3)16-7-9-18-14(12-16)11-15-13-17(21(4,5)6)8-10-19(15)18;1-2-3-5-8-11-9-6-4-7-10-11;1-2-4-5-3-1;/h7-10,12H,11H2,1-6H3;2,4,6-7,9-10H,1,3,5H2;1-5H;/q-1;;-1;+2. The van der Waals surface area contributed by atoms with Gasteiger partial charge < -0.3 is 0 Å². The van der Waals surface area contributed by atoms with Crippen LogP contribution in [0.1, 0.15) is 82.2 Å². The van der Waals surface area contributed by atoms with Crippen LogP contribution in [0, 0.1) is 6.07 Å². The molecule has 0 aromatic heterocycles. The first-order valence-electron chi connectivity index (χ1n) is 13.6. The summed E-state index contributed by atoms with van der Waals surface area (Å²) in [5, 5.41) is 0. The van der Waals surface area contributed by atoms with Crippen LogP contribution in [-0.4, -0.2) is 3.26 Å². The Labute approximate surface area is 246 Å². The zero-order valence-corrected chi connectivity index (χ0v) is 27.7. The molecule has 1 aliphatic carbocycles. The van der Waals surface area contributed by atoms with E-state index in [2.05, 4.69) is 115 Å². The van der Waals surface area contributed by atoms with Gasteiger partial charge in [-0.2, -0.15) is 42.0 Å². The minimum atomic E-state index is 0.167. The molecule has 0 saturated heterocycles. The van der Waals surface area contributed by atoms with Crippen LogP contribution >= 0.6 is 0 Å². The molecule has 0 radical (unpaired) electrons. The zero-order valence-electron chi connectivity index (χ0n) is 24.1. The van der Waals surface area contributed by atoms with Crippen LogP contribution < -0.4 is 0 Å². The SMILES string of the molecule is C=CCC[C](=[Hf+2])c1ccccc1.CC(C)(C)c1[c-]c2c(cc1)-c1ccc(C(C)(C)C)cc1C2.c1cc[cH-]c1. The summed E-state index contributed by atoms with van der Waals surface area (Å²) in [4.78, 5) is 0. The molecule has 4 aromatic rings. The predicted molar refractivity (Wildman–Crippen MR) is 163 cm³/mol. The molecule has 0 bridgehead atoms. The molecule has 5 rings (SSSR count). The van der Waals surface area contributed by atoms with E-state index in [1.807, 2.05) is 36.4 Å². The molecule has 0 N–H and O–H groups in total. The quantitative estimate of drug-likeness (QED) is 0.102. The van der Waals surface area contributed by atoms with Crippen molar-refractivity contribution >= 4 is 3.26 Å². The number of rotatable bonds is 4. The summed E-state index contributed by atoms with van der Waals surface area (Å²) >= 11 is 1.16. The topological polar surface area (TPSA) is 0 Å². The van der Waals surface area contributed by atoms with E-state index in [9.17, 15) is 0 Å². The first-order valence-corrected chi connectivity index (χ1v) is 15.4. The zero-order chi connectivity index (χ0) is 27.8. The molecule has 0 saturated carbocycles. The van der Waals surface area contributed by atoms with Crippen molar-refractivity contribution in [1.29, 1.82) is 0 Å². The van der Waals surface area contributed by atoms with Crippen molar-refractivity contribution in [2.75, 3.05) is 0 Å². The monoisotopic (exact) mass is 666 g/mol. The summed E-state index contributed by atoms with van der Waals surface area (Å²) in [6.45, 7) is 17.3. The summed E-state index contributed by atoms with van der Waals surface area (Å²) in [6.07, 6.45) is 5.30. The first kappa shape index (κ1) is 30.0. The second-order valence-corrected chi connectivity index (χ2v) is 14.1. The van der Waals surface area contributed by atoms with E-state index >= 15 is 0 Å². The molecular weight excluding hydrogens is 623 g/mol. The molecule has 0 unspecified atom stereocenters. The van der Waals surface area contributed by atoms with E-state index in [1.54, 1.807) is 3.26 Å². The third-order valence-electron chi connectivity index (χ3n) is 6.74. The van der Waals surface area contributed by atoms with E-state index in [-0.39, 0.29) is 10.8 Å². The fraction of sp³-hybridized carbons (Fsp3) is 0.297. The van der Waals surface area contributed by atoms with Gasteiger partial charge in [0.25, 0.3) is 0 Å². The Morgan fingerprint density at radius 3 is 2.08 bits per heavy atom. The smallest absolute Gasteiger partial charge is 0.0132 e. The van der Waals surface area contributed by atoms with Crippen LogP contribution in [0.25, 0.3) is 11.1 Å². The van der Waals surface area contributed by atoms with Crippen molar-refractivity contribution in [3.05, 3.63) is 138 Å². The van der Waals surface area contributed by atoms with Gasteiger partial charge in [-0.05, 0) is 28.4 Å². The fourth-order valence-electron chi connectivity index (χ4n) is 4.38. The summed E-state index contributed by atoms with van der Waals surface area (Å²) in [5.41, 5.74) is 10.1. The van der Waals surface area contributed by atoms with Crippen molar-refractivity contribution in [2.24, 2.45) is 0 Å². The van der Waals surface area contributed by atoms with Gasteiger partial charge in [0.15, 0.2) is 0 Å². The van der Waals surface area contributed by atoms with Crippen LogP contribution in [0.2, 0.25) is 0 Å². The average molecular weight is 665 g/mol. The molecule has 0 heterocycles. The maximum Gasteiger partial charge on any atom is -0.0132 e. The molecule has 0 fully saturated rings. The molecule has 0 amide bonds. The first-order chi connectivity index (χ1) is 18.0. The molecular formula is C37H42Hf. The molecule has 0 atom stereocenters. The van der Waals surface area contributed by atoms with Gasteiger partial charge in [-0.3, -0.25) is 0 Å². The van der Waals surface area contributed by atoms with E-state index < -0.39 is 0 Å². The maximum atomic E-state index is 3.73. The molecule has 0 spiro atoms. The molecule has 38 heavy (non-hydrogen) atoms. The van der Waals surface area contributed by atoms with Crippen molar-refractivity contribution in [1.82, 2.24) is 0 Å². The molecule has 1 heteroatoms. The minimum absolute atomic E-state index is 0.167. The van der Waals surface area contributed by atoms with Crippen LogP contribution in [0.15, 0.2) is 104 Å². The Kier molecular flexibility index (Phi) is 10.7. The normalized spacial score (nSPS) is 11.8. The van der Waals surface area contributed by atoms with Crippen LogP contribution in [0.5, 0.6) is 0 Å². The van der Waals surface area contributed by atoms with Gasteiger partial charge in [0.2, 0.25) is 0 Å². The maximum absolute atomic E-state index is 3.73. The number of benzene rings is 3. The van der Waals surface area contributed by atoms with Crippen LogP contribution in [0.3, 0.4) is 0 Å². The Morgan fingerprint density at radius 2 is 1.53 bits per heavy atom.